The summed E-state index contributed by atoms with van der Waals surface area (Å²) >= 11 is 2.28. The lowest BCUT2D eigenvalue weighted by Gasteiger charge is -2.29. The molecule has 1 aliphatic heterocycles. The summed E-state index contributed by atoms with van der Waals surface area (Å²) in [4.78, 5) is 15.9. The summed E-state index contributed by atoms with van der Waals surface area (Å²) in [6, 6.07) is 4.62. The van der Waals surface area contributed by atoms with E-state index in [9.17, 15) is 0 Å². The van der Waals surface area contributed by atoms with Crippen molar-refractivity contribution in [1.29, 1.82) is 0 Å². The van der Waals surface area contributed by atoms with Crippen molar-refractivity contribution in [2.75, 3.05) is 41.7 Å². The minimum atomic E-state index is 0.530. The van der Waals surface area contributed by atoms with Gasteiger partial charge in [0, 0.05) is 38.4 Å². The van der Waals surface area contributed by atoms with Gasteiger partial charge >= 0.3 is 0 Å². The Hall–Kier alpha value is -1.68. The third-order valence-electron chi connectivity index (χ3n) is 4.91. The molecule has 26 heavy (non-hydrogen) atoms. The van der Waals surface area contributed by atoms with E-state index in [1.54, 1.807) is 0 Å². The zero-order valence-electron chi connectivity index (χ0n) is 14.7. The summed E-state index contributed by atoms with van der Waals surface area (Å²) in [6.45, 7) is 4.08. The lowest BCUT2D eigenvalue weighted by Crippen LogP contribution is -2.43. The fraction of sp³-hybridized carbons (Fsp3) is 0.500. The van der Waals surface area contributed by atoms with Crippen LogP contribution in [0.1, 0.15) is 25.7 Å². The molecule has 138 valence electrons. The largest absolute Gasteiger partial charge is 0.368 e. The number of pyridine rings is 1. The van der Waals surface area contributed by atoms with E-state index in [2.05, 4.69) is 64.5 Å². The summed E-state index contributed by atoms with van der Waals surface area (Å²) in [5.74, 6) is 2.25. The first kappa shape index (κ1) is 17.7. The van der Waals surface area contributed by atoms with Crippen molar-refractivity contribution in [3.05, 3.63) is 28.1 Å². The van der Waals surface area contributed by atoms with Gasteiger partial charge in [0.25, 0.3) is 0 Å². The second kappa shape index (κ2) is 8.34. The number of nitrogens with one attached hydrogen (secondary N) is 3. The number of anilines is 4. The molecule has 2 fully saturated rings. The third kappa shape index (κ3) is 4.35. The summed E-state index contributed by atoms with van der Waals surface area (Å²) < 4.78 is 1.04. The van der Waals surface area contributed by atoms with Crippen LogP contribution in [0.3, 0.4) is 0 Å². The molecule has 8 heteroatoms. The molecule has 3 N–H and O–H groups in total. The molecule has 2 aromatic heterocycles. The quantitative estimate of drug-likeness (QED) is 0.587. The highest BCUT2D eigenvalue weighted by Crippen LogP contribution is 2.25. The lowest BCUT2D eigenvalue weighted by atomic mass is 10.2. The predicted octanol–water partition coefficient (Wildman–Crippen LogP) is 2.98. The Balaban J connectivity index is 1.43. The summed E-state index contributed by atoms with van der Waals surface area (Å²) in [5.41, 5.74) is 1.16. The molecule has 0 amide bonds. The molecule has 3 heterocycles. The second-order valence-corrected chi connectivity index (χ2v) is 7.94. The Morgan fingerprint density at radius 3 is 2.62 bits per heavy atom. The summed E-state index contributed by atoms with van der Waals surface area (Å²) in [7, 11) is 0. The monoisotopic (exact) mass is 465 g/mol. The van der Waals surface area contributed by atoms with Crippen LogP contribution in [0, 0.1) is 3.57 Å². The smallest absolute Gasteiger partial charge is 0.230 e. The standard InChI is InChI=1S/C18H24IN7/c19-15-12-22-18(25-17(15)23-13-3-1-2-4-13)24-16-6-5-14(11-21-16)26-9-7-20-8-10-26/h5-6,11-13,20H,1-4,7-10H2,(H2,21,22,23,24,25). The number of piperazine rings is 1. The van der Waals surface area contributed by atoms with E-state index in [1.807, 2.05) is 18.5 Å². The van der Waals surface area contributed by atoms with Crippen LogP contribution in [0.5, 0.6) is 0 Å². The zero-order valence-corrected chi connectivity index (χ0v) is 16.9. The van der Waals surface area contributed by atoms with Gasteiger partial charge in [0.1, 0.15) is 11.6 Å². The summed E-state index contributed by atoms with van der Waals surface area (Å²) in [5, 5.41) is 10.1. The maximum absolute atomic E-state index is 4.64. The van der Waals surface area contributed by atoms with Crippen LogP contribution in [0.4, 0.5) is 23.3 Å². The normalized spacial score (nSPS) is 18.1. The van der Waals surface area contributed by atoms with E-state index in [4.69, 9.17) is 0 Å². The summed E-state index contributed by atoms with van der Waals surface area (Å²) in [6.07, 6.45) is 8.80. The molecule has 1 saturated carbocycles. The van der Waals surface area contributed by atoms with Crippen LogP contribution in [0.15, 0.2) is 24.5 Å². The fourth-order valence-corrected chi connectivity index (χ4v) is 3.89. The Morgan fingerprint density at radius 1 is 1.08 bits per heavy atom. The van der Waals surface area contributed by atoms with Crippen LogP contribution < -0.4 is 20.9 Å². The number of hydrogen-bond donors (Lipinski definition) is 3. The van der Waals surface area contributed by atoms with Gasteiger partial charge in [-0.2, -0.15) is 4.98 Å². The van der Waals surface area contributed by atoms with E-state index in [1.165, 1.54) is 25.7 Å². The first-order valence-electron chi connectivity index (χ1n) is 9.26. The first-order chi connectivity index (χ1) is 12.8. The average Bonchev–Trinajstić information content (AvgIpc) is 3.19. The molecule has 0 spiro atoms. The Morgan fingerprint density at radius 2 is 1.88 bits per heavy atom. The van der Waals surface area contributed by atoms with E-state index in [0.717, 1.165) is 47.1 Å². The van der Waals surface area contributed by atoms with Gasteiger partial charge in [-0.05, 0) is 47.6 Å². The highest BCUT2D eigenvalue weighted by atomic mass is 127. The Bertz CT molecular complexity index is 725. The van der Waals surface area contributed by atoms with Crippen molar-refractivity contribution in [2.24, 2.45) is 0 Å². The van der Waals surface area contributed by atoms with Crippen LogP contribution in [-0.2, 0) is 0 Å². The van der Waals surface area contributed by atoms with Gasteiger partial charge in [0.15, 0.2) is 0 Å². The molecular formula is C18H24IN7. The highest BCUT2D eigenvalue weighted by Gasteiger charge is 2.17. The van der Waals surface area contributed by atoms with Gasteiger partial charge < -0.3 is 20.9 Å². The number of hydrogen-bond acceptors (Lipinski definition) is 7. The average molecular weight is 465 g/mol. The molecule has 7 nitrogen and oxygen atoms in total. The van der Waals surface area contributed by atoms with Crippen molar-refractivity contribution in [1.82, 2.24) is 20.3 Å². The van der Waals surface area contributed by atoms with Crippen LogP contribution in [0.25, 0.3) is 0 Å². The van der Waals surface area contributed by atoms with Gasteiger partial charge in [0.05, 0.1) is 15.5 Å². The van der Waals surface area contributed by atoms with Gasteiger partial charge in [-0.3, -0.25) is 0 Å². The Kier molecular flexibility index (Phi) is 5.68. The molecule has 1 saturated heterocycles. The minimum Gasteiger partial charge on any atom is -0.368 e. The van der Waals surface area contributed by atoms with Crippen molar-refractivity contribution in [3.8, 4) is 0 Å². The maximum atomic E-state index is 4.64. The van der Waals surface area contributed by atoms with Crippen molar-refractivity contribution < 1.29 is 0 Å². The van der Waals surface area contributed by atoms with Gasteiger partial charge in [-0.1, -0.05) is 12.8 Å². The molecular weight excluding hydrogens is 441 g/mol. The van der Waals surface area contributed by atoms with Gasteiger partial charge in [-0.25, -0.2) is 9.97 Å². The molecule has 0 unspecified atom stereocenters. The van der Waals surface area contributed by atoms with Crippen molar-refractivity contribution >= 4 is 45.9 Å². The van der Waals surface area contributed by atoms with Crippen LogP contribution >= 0.6 is 22.6 Å². The third-order valence-corrected chi connectivity index (χ3v) is 5.70. The molecule has 2 aliphatic rings. The minimum absolute atomic E-state index is 0.530. The topological polar surface area (TPSA) is 78.0 Å². The maximum Gasteiger partial charge on any atom is 0.230 e. The van der Waals surface area contributed by atoms with Crippen molar-refractivity contribution in [2.45, 2.75) is 31.7 Å². The lowest BCUT2D eigenvalue weighted by molar-refractivity contribution is 0.589. The fourth-order valence-electron chi connectivity index (χ4n) is 3.48. The molecule has 0 aromatic carbocycles. The van der Waals surface area contributed by atoms with E-state index < -0.39 is 0 Å². The van der Waals surface area contributed by atoms with Crippen LogP contribution in [-0.4, -0.2) is 47.2 Å². The molecule has 1 aliphatic carbocycles. The van der Waals surface area contributed by atoms with E-state index >= 15 is 0 Å². The SMILES string of the molecule is Ic1cnc(Nc2ccc(N3CCNCC3)cn2)nc1NC1CCCC1. The van der Waals surface area contributed by atoms with Gasteiger partial charge in [0.2, 0.25) is 5.95 Å². The van der Waals surface area contributed by atoms with E-state index in [-0.39, 0.29) is 0 Å². The zero-order chi connectivity index (χ0) is 17.8. The molecule has 0 radical (unpaired) electrons. The molecule has 4 rings (SSSR count). The first-order valence-corrected chi connectivity index (χ1v) is 10.3. The predicted molar refractivity (Wildman–Crippen MR) is 113 cm³/mol. The number of nitrogens with zero attached hydrogens (tertiary/aromatic N) is 4. The van der Waals surface area contributed by atoms with Crippen LogP contribution in [0.2, 0.25) is 0 Å². The van der Waals surface area contributed by atoms with Crippen molar-refractivity contribution in [3.63, 3.8) is 0 Å². The van der Waals surface area contributed by atoms with Gasteiger partial charge in [-0.15, -0.1) is 0 Å². The highest BCUT2D eigenvalue weighted by molar-refractivity contribution is 14.1. The second-order valence-electron chi connectivity index (χ2n) is 6.78. The molecule has 0 atom stereocenters. The Labute approximate surface area is 167 Å². The number of aromatic nitrogens is 3. The van der Waals surface area contributed by atoms with E-state index in [0.29, 0.717) is 12.0 Å². The number of rotatable bonds is 5. The molecule has 2 aromatic rings. The number of halogens is 1. The molecule has 0 bridgehead atoms.